The largest absolute Gasteiger partial charge is 0.480 e. The molecule has 3 N–H and O–H groups in total. The molecule has 0 aromatic carbocycles. The Balaban J connectivity index is 2.54. The van der Waals surface area contributed by atoms with E-state index in [-0.39, 0.29) is 16.9 Å². The summed E-state index contributed by atoms with van der Waals surface area (Å²) in [5, 5.41) is 20.8. The zero-order valence-corrected chi connectivity index (χ0v) is 12.1. The van der Waals surface area contributed by atoms with Crippen molar-refractivity contribution in [1.82, 2.24) is 5.32 Å². The third-order valence-corrected chi connectivity index (χ3v) is 4.10. The molecule has 0 saturated carbocycles. The Morgan fingerprint density at radius 1 is 1.61 bits per heavy atom. The van der Waals surface area contributed by atoms with Crippen LogP contribution >= 0.6 is 27.7 Å². The van der Waals surface area contributed by atoms with Gasteiger partial charge in [0.15, 0.2) is 0 Å². The van der Waals surface area contributed by atoms with E-state index in [2.05, 4.69) is 21.2 Å². The molecule has 0 aliphatic heterocycles. The van der Waals surface area contributed by atoms with Gasteiger partial charge in [-0.05, 0) is 6.08 Å². The molecule has 2 unspecified atom stereocenters. The van der Waals surface area contributed by atoms with Crippen LogP contribution in [0.15, 0.2) is 22.7 Å². The van der Waals surface area contributed by atoms with Gasteiger partial charge >= 0.3 is 5.97 Å². The molecule has 18 heavy (non-hydrogen) atoms. The molecule has 1 aliphatic rings. The van der Waals surface area contributed by atoms with Crippen molar-refractivity contribution < 1.29 is 19.8 Å². The molecule has 0 aromatic rings. The van der Waals surface area contributed by atoms with E-state index < -0.39 is 18.1 Å². The van der Waals surface area contributed by atoms with E-state index in [1.54, 1.807) is 12.2 Å². The number of carbonyl (C=O) groups excluding carboxylic acids is 1. The number of hydrogen-bond donors (Lipinski definition) is 3. The van der Waals surface area contributed by atoms with Crippen LogP contribution in [0.2, 0.25) is 0 Å². The first-order chi connectivity index (χ1) is 8.40. The highest BCUT2D eigenvalue weighted by molar-refractivity contribution is 9.11. The lowest BCUT2D eigenvalue weighted by atomic mass is 10.1. The minimum absolute atomic E-state index is 0.196. The third kappa shape index (κ3) is 4.83. The molecule has 1 rings (SSSR count). The number of rotatable bonds is 5. The number of aliphatic carboxylic acids is 1. The number of carboxylic acid groups (broad SMARTS) is 1. The topological polar surface area (TPSA) is 86.6 Å². The fourth-order valence-electron chi connectivity index (χ4n) is 1.39. The highest BCUT2D eigenvalue weighted by atomic mass is 79.9. The Bertz CT molecular complexity index is 397. The van der Waals surface area contributed by atoms with Crippen LogP contribution in [-0.4, -0.2) is 45.2 Å². The SMILES string of the molecule is CC(=O)N[C@@H](CSC1C=C(Br)C=CC1O)C(=O)O. The van der Waals surface area contributed by atoms with E-state index in [4.69, 9.17) is 5.11 Å². The predicted octanol–water partition coefficient (Wildman–Crippen LogP) is 0.887. The predicted molar refractivity (Wildman–Crippen MR) is 73.6 cm³/mol. The molecule has 7 heteroatoms. The minimum Gasteiger partial charge on any atom is -0.480 e. The zero-order chi connectivity index (χ0) is 13.7. The van der Waals surface area contributed by atoms with Gasteiger partial charge < -0.3 is 15.5 Å². The Morgan fingerprint density at radius 3 is 2.83 bits per heavy atom. The lowest BCUT2D eigenvalue weighted by Crippen LogP contribution is -2.42. The maximum atomic E-state index is 10.9. The van der Waals surface area contributed by atoms with Crippen molar-refractivity contribution >= 4 is 39.6 Å². The van der Waals surface area contributed by atoms with Crippen LogP contribution < -0.4 is 5.32 Å². The number of hydrogen-bond acceptors (Lipinski definition) is 4. The van der Waals surface area contributed by atoms with Crippen molar-refractivity contribution in [2.75, 3.05) is 5.75 Å². The number of amides is 1. The van der Waals surface area contributed by atoms with Crippen LogP contribution in [0.5, 0.6) is 0 Å². The number of allylic oxidation sites excluding steroid dienone is 2. The summed E-state index contributed by atoms with van der Waals surface area (Å²) in [4.78, 5) is 21.8. The number of carbonyl (C=O) groups is 2. The Morgan fingerprint density at radius 2 is 2.28 bits per heavy atom. The van der Waals surface area contributed by atoms with E-state index in [0.29, 0.717) is 0 Å². The van der Waals surface area contributed by atoms with Crippen LogP contribution in [-0.2, 0) is 9.59 Å². The standard InChI is InChI=1S/C11H14BrNO4S/c1-6(14)13-8(11(16)17)5-18-10-4-7(12)2-3-9(10)15/h2-4,8-10,15H,5H2,1H3,(H,13,14)(H,16,17)/t8-,9?,10?/m0/s1. The summed E-state index contributed by atoms with van der Waals surface area (Å²) in [7, 11) is 0. The first-order valence-corrected chi connectivity index (χ1v) is 7.09. The van der Waals surface area contributed by atoms with Gasteiger partial charge in [0.05, 0.1) is 11.4 Å². The number of thioether (sulfide) groups is 1. The summed E-state index contributed by atoms with van der Waals surface area (Å²) in [5.41, 5.74) is 0. The van der Waals surface area contributed by atoms with E-state index in [1.807, 2.05) is 6.08 Å². The molecule has 3 atom stereocenters. The minimum atomic E-state index is -1.08. The normalized spacial score (nSPS) is 24.3. The first kappa shape index (κ1) is 15.3. The lowest BCUT2D eigenvalue weighted by Gasteiger charge is -2.22. The van der Waals surface area contributed by atoms with E-state index in [0.717, 1.165) is 4.48 Å². The Labute approximate surface area is 117 Å². The van der Waals surface area contributed by atoms with Gasteiger partial charge in [-0.25, -0.2) is 4.79 Å². The van der Waals surface area contributed by atoms with Crippen LogP contribution in [0, 0.1) is 0 Å². The molecule has 0 bridgehead atoms. The fraction of sp³-hybridized carbons (Fsp3) is 0.455. The molecule has 0 spiro atoms. The van der Waals surface area contributed by atoms with Crippen LogP contribution in [0.25, 0.3) is 0 Å². The first-order valence-electron chi connectivity index (χ1n) is 5.25. The maximum Gasteiger partial charge on any atom is 0.327 e. The van der Waals surface area contributed by atoms with Crippen molar-refractivity contribution in [3.63, 3.8) is 0 Å². The zero-order valence-electron chi connectivity index (χ0n) is 9.67. The molecule has 0 fully saturated rings. The summed E-state index contributed by atoms with van der Waals surface area (Å²) in [5.74, 6) is -1.27. The van der Waals surface area contributed by atoms with Crippen LogP contribution in [0.3, 0.4) is 0 Å². The van der Waals surface area contributed by atoms with Gasteiger partial charge in [0.25, 0.3) is 0 Å². The Hall–Kier alpha value is -0.790. The summed E-state index contributed by atoms with van der Waals surface area (Å²) < 4.78 is 0.844. The lowest BCUT2D eigenvalue weighted by molar-refractivity contribution is -0.140. The fourth-order valence-corrected chi connectivity index (χ4v) is 3.17. The second-order valence-corrected chi connectivity index (χ2v) is 5.92. The van der Waals surface area contributed by atoms with Crippen LogP contribution in [0.4, 0.5) is 0 Å². The molecule has 1 amide bonds. The summed E-state index contributed by atoms with van der Waals surface area (Å²) in [6, 6.07) is -0.946. The molecule has 100 valence electrons. The molecule has 0 radical (unpaired) electrons. The quantitative estimate of drug-likeness (QED) is 0.694. The second kappa shape index (κ2) is 6.96. The summed E-state index contributed by atoms with van der Waals surface area (Å²) in [6.07, 6.45) is 4.53. The smallest absolute Gasteiger partial charge is 0.327 e. The van der Waals surface area contributed by atoms with Crippen molar-refractivity contribution in [3.8, 4) is 0 Å². The molecule has 5 nitrogen and oxygen atoms in total. The molecule has 0 heterocycles. The van der Waals surface area contributed by atoms with Crippen molar-refractivity contribution in [2.45, 2.75) is 24.3 Å². The van der Waals surface area contributed by atoms with Gasteiger partial charge in [-0.3, -0.25) is 4.79 Å². The summed E-state index contributed by atoms with van der Waals surface area (Å²) in [6.45, 7) is 1.27. The van der Waals surface area contributed by atoms with Gasteiger partial charge in [-0.1, -0.05) is 28.1 Å². The van der Waals surface area contributed by atoms with Gasteiger partial charge in [-0.15, -0.1) is 11.8 Å². The number of halogens is 1. The van der Waals surface area contributed by atoms with Crippen molar-refractivity contribution in [3.05, 3.63) is 22.7 Å². The Kier molecular flexibility index (Phi) is 5.90. The van der Waals surface area contributed by atoms with Gasteiger partial charge in [0.2, 0.25) is 5.91 Å². The van der Waals surface area contributed by atoms with Crippen molar-refractivity contribution in [2.24, 2.45) is 0 Å². The monoisotopic (exact) mass is 335 g/mol. The number of aliphatic hydroxyl groups excluding tert-OH is 1. The van der Waals surface area contributed by atoms with Crippen LogP contribution in [0.1, 0.15) is 6.92 Å². The van der Waals surface area contributed by atoms with Gasteiger partial charge in [0, 0.05) is 17.2 Å². The molecule has 1 aliphatic carbocycles. The number of nitrogens with one attached hydrogen (secondary N) is 1. The molecule has 0 aromatic heterocycles. The maximum absolute atomic E-state index is 10.9. The average Bonchev–Trinajstić information content (AvgIpc) is 2.27. The molecular weight excluding hydrogens is 322 g/mol. The van der Waals surface area contributed by atoms with E-state index >= 15 is 0 Å². The highest BCUT2D eigenvalue weighted by Crippen LogP contribution is 2.26. The second-order valence-electron chi connectivity index (χ2n) is 3.79. The number of aliphatic hydroxyl groups is 1. The third-order valence-electron chi connectivity index (χ3n) is 2.24. The average molecular weight is 336 g/mol. The molecule has 0 saturated heterocycles. The summed E-state index contributed by atoms with van der Waals surface area (Å²) >= 11 is 4.58. The van der Waals surface area contributed by atoms with Gasteiger partial charge in [0.1, 0.15) is 6.04 Å². The van der Waals surface area contributed by atoms with Crippen molar-refractivity contribution in [1.29, 1.82) is 0 Å². The molecular formula is C11H14BrNO4S. The van der Waals surface area contributed by atoms with E-state index in [1.165, 1.54) is 18.7 Å². The number of carboxylic acids is 1. The van der Waals surface area contributed by atoms with E-state index in [9.17, 15) is 14.7 Å². The van der Waals surface area contributed by atoms with Gasteiger partial charge in [-0.2, -0.15) is 0 Å². The highest BCUT2D eigenvalue weighted by Gasteiger charge is 2.24.